The van der Waals surface area contributed by atoms with Gasteiger partial charge in [0.1, 0.15) is 24.0 Å². The summed E-state index contributed by atoms with van der Waals surface area (Å²) >= 11 is 4.97. The van der Waals surface area contributed by atoms with Crippen molar-refractivity contribution in [1.82, 2.24) is 0 Å². The van der Waals surface area contributed by atoms with Crippen LogP contribution in [-0.4, -0.2) is 25.3 Å². The third-order valence-electron chi connectivity index (χ3n) is 4.02. The molecule has 0 atom stereocenters. The summed E-state index contributed by atoms with van der Waals surface area (Å²) < 4.78 is 16.8. The van der Waals surface area contributed by atoms with Crippen molar-refractivity contribution in [3.63, 3.8) is 0 Å². The minimum absolute atomic E-state index is 0.321. The van der Waals surface area contributed by atoms with E-state index in [1.54, 1.807) is 19.2 Å². The molecule has 5 heteroatoms. The largest absolute Gasteiger partial charge is 0.493 e. The molecule has 0 unspecified atom stereocenters. The Bertz CT molecular complexity index is 895. The summed E-state index contributed by atoms with van der Waals surface area (Å²) in [6.07, 6.45) is 0. The molecule has 0 amide bonds. The highest BCUT2D eigenvalue weighted by molar-refractivity contribution is 7.80. The first-order valence-electron chi connectivity index (χ1n) is 8.56. The van der Waals surface area contributed by atoms with Crippen LogP contribution in [0.3, 0.4) is 0 Å². The Labute approximate surface area is 164 Å². The fraction of sp³-hybridized carbons (Fsp3) is 0.136. The Morgan fingerprint density at radius 3 is 2.15 bits per heavy atom. The fourth-order valence-electron chi connectivity index (χ4n) is 2.63. The molecule has 0 fully saturated rings. The second kappa shape index (κ2) is 9.05. The van der Waals surface area contributed by atoms with Crippen molar-refractivity contribution in [2.24, 2.45) is 5.73 Å². The van der Waals surface area contributed by atoms with Crippen LogP contribution < -0.4 is 19.9 Å². The van der Waals surface area contributed by atoms with E-state index in [0.29, 0.717) is 29.7 Å². The molecule has 2 N–H and O–H groups in total. The molecule has 0 bridgehead atoms. The van der Waals surface area contributed by atoms with Crippen molar-refractivity contribution in [2.45, 2.75) is 0 Å². The van der Waals surface area contributed by atoms with E-state index >= 15 is 0 Å². The Balaban J connectivity index is 1.52. The van der Waals surface area contributed by atoms with Gasteiger partial charge in [-0.2, -0.15) is 0 Å². The van der Waals surface area contributed by atoms with E-state index in [1.807, 2.05) is 48.5 Å². The molecule has 0 aliphatic heterocycles. The van der Waals surface area contributed by atoms with Gasteiger partial charge in [0.15, 0.2) is 11.5 Å². The summed E-state index contributed by atoms with van der Waals surface area (Å²) in [4.78, 5) is 0.321. The van der Waals surface area contributed by atoms with E-state index in [2.05, 4.69) is 12.1 Å². The summed E-state index contributed by atoms with van der Waals surface area (Å²) in [6.45, 7) is 0.814. The average molecular weight is 379 g/mol. The molecule has 0 heterocycles. The fourth-order valence-corrected chi connectivity index (χ4v) is 2.75. The van der Waals surface area contributed by atoms with Crippen LogP contribution in [0.25, 0.3) is 11.1 Å². The predicted octanol–water partition coefficient (Wildman–Crippen LogP) is 4.45. The lowest BCUT2D eigenvalue weighted by atomic mass is 10.1. The van der Waals surface area contributed by atoms with Crippen LogP contribution >= 0.6 is 12.2 Å². The van der Waals surface area contributed by atoms with Gasteiger partial charge in [0.05, 0.1) is 7.11 Å². The zero-order valence-corrected chi connectivity index (χ0v) is 15.9. The zero-order chi connectivity index (χ0) is 19.1. The van der Waals surface area contributed by atoms with Gasteiger partial charge < -0.3 is 19.9 Å². The number of ether oxygens (including phenoxy) is 3. The van der Waals surface area contributed by atoms with Crippen LogP contribution in [0.4, 0.5) is 0 Å². The van der Waals surface area contributed by atoms with Crippen LogP contribution in [0.2, 0.25) is 0 Å². The predicted molar refractivity (Wildman–Crippen MR) is 112 cm³/mol. The number of nitrogens with two attached hydrogens (primary N) is 1. The van der Waals surface area contributed by atoms with Crippen molar-refractivity contribution in [3.8, 4) is 28.4 Å². The molecular weight excluding hydrogens is 358 g/mol. The topological polar surface area (TPSA) is 53.7 Å². The van der Waals surface area contributed by atoms with E-state index in [0.717, 1.165) is 16.9 Å². The van der Waals surface area contributed by atoms with Gasteiger partial charge in [-0.05, 0) is 41.5 Å². The first-order chi connectivity index (χ1) is 13.2. The molecule has 4 nitrogen and oxygen atoms in total. The van der Waals surface area contributed by atoms with Gasteiger partial charge in [-0.15, -0.1) is 0 Å². The maximum atomic E-state index is 5.75. The summed E-state index contributed by atoms with van der Waals surface area (Å²) in [5.41, 5.74) is 8.71. The molecular formula is C22H21NO3S. The monoisotopic (exact) mass is 379 g/mol. The van der Waals surface area contributed by atoms with Crippen molar-refractivity contribution in [3.05, 3.63) is 78.4 Å². The first kappa shape index (κ1) is 18.7. The maximum absolute atomic E-state index is 5.75. The minimum Gasteiger partial charge on any atom is -0.493 e. The lowest BCUT2D eigenvalue weighted by molar-refractivity contribution is 0.211. The molecule has 0 radical (unpaired) electrons. The number of benzene rings is 3. The zero-order valence-electron chi connectivity index (χ0n) is 15.1. The molecule has 3 aromatic carbocycles. The molecule has 27 heavy (non-hydrogen) atoms. The number of hydrogen-bond donors (Lipinski definition) is 1. The highest BCUT2D eigenvalue weighted by Gasteiger charge is 2.07. The molecule has 0 aliphatic rings. The van der Waals surface area contributed by atoms with Crippen LogP contribution in [0.1, 0.15) is 5.56 Å². The van der Waals surface area contributed by atoms with Gasteiger partial charge in [0.25, 0.3) is 0 Å². The lowest BCUT2D eigenvalue weighted by Gasteiger charge is -2.12. The van der Waals surface area contributed by atoms with Crippen molar-refractivity contribution < 1.29 is 14.2 Å². The van der Waals surface area contributed by atoms with E-state index in [-0.39, 0.29) is 0 Å². The quantitative estimate of drug-likeness (QED) is 0.463. The Hall–Kier alpha value is -3.05. The number of hydrogen-bond acceptors (Lipinski definition) is 4. The second-order valence-electron chi connectivity index (χ2n) is 5.82. The lowest BCUT2D eigenvalue weighted by Crippen LogP contribution is -2.11. The van der Waals surface area contributed by atoms with Crippen molar-refractivity contribution in [2.75, 3.05) is 20.3 Å². The maximum Gasteiger partial charge on any atom is 0.161 e. The van der Waals surface area contributed by atoms with Gasteiger partial charge >= 0.3 is 0 Å². The van der Waals surface area contributed by atoms with Gasteiger partial charge in [0, 0.05) is 5.56 Å². The van der Waals surface area contributed by atoms with Gasteiger partial charge in [-0.1, -0.05) is 54.7 Å². The highest BCUT2D eigenvalue weighted by atomic mass is 32.1. The minimum atomic E-state index is 0.321. The summed E-state index contributed by atoms with van der Waals surface area (Å²) in [7, 11) is 1.58. The Morgan fingerprint density at radius 2 is 1.48 bits per heavy atom. The van der Waals surface area contributed by atoms with E-state index in [1.165, 1.54) is 5.56 Å². The smallest absolute Gasteiger partial charge is 0.161 e. The van der Waals surface area contributed by atoms with Crippen LogP contribution in [0.5, 0.6) is 17.2 Å². The molecule has 0 saturated carbocycles. The SMILES string of the molecule is COc1cc(C(N)=S)ccc1OCCOc1ccc(-c2ccccc2)cc1. The Kier molecular flexibility index (Phi) is 6.28. The molecule has 3 rings (SSSR count). The number of thiocarbonyl (C=S) groups is 1. The average Bonchev–Trinajstić information content (AvgIpc) is 2.72. The molecule has 138 valence electrons. The normalized spacial score (nSPS) is 10.3. The summed E-state index contributed by atoms with van der Waals surface area (Å²) in [5.74, 6) is 2.02. The molecule has 3 aromatic rings. The molecule has 0 saturated heterocycles. The van der Waals surface area contributed by atoms with Gasteiger partial charge in [-0.3, -0.25) is 0 Å². The van der Waals surface area contributed by atoms with Gasteiger partial charge in [0.2, 0.25) is 0 Å². The third-order valence-corrected chi connectivity index (χ3v) is 4.25. The molecule has 0 aromatic heterocycles. The molecule has 0 aliphatic carbocycles. The Morgan fingerprint density at radius 1 is 0.815 bits per heavy atom. The number of methoxy groups -OCH3 is 1. The number of rotatable bonds is 8. The molecule has 0 spiro atoms. The summed E-state index contributed by atoms with van der Waals surface area (Å²) in [6, 6.07) is 23.6. The summed E-state index contributed by atoms with van der Waals surface area (Å²) in [5, 5.41) is 0. The van der Waals surface area contributed by atoms with Crippen molar-refractivity contribution >= 4 is 17.2 Å². The van der Waals surface area contributed by atoms with Crippen LogP contribution in [-0.2, 0) is 0 Å². The van der Waals surface area contributed by atoms with E-state index in [9.17, 15) is 0 Å². The third kappa shape index (κ3) is 4.99. The van der Waals surface area contributed by atoms with Gasteiger partial charge in [-0.25, -0.2) is 0 Å². The standard InChI is InChI=1S/C22H21NO3S/c1-24-21-15-18(22(23)27)9-12-20(21)26-14-13-25-19-10-7-17(8-11-19)16-5-3-2-4-6-16/h2-12,15H,13-14H2,1H3,(H2,23,27). The second-order valence-corrected chi connectivity index (χ2v) is 6.26. The first-order valence-corrected chi connectivity index (χ1v) is 8.97. The van der Waals surface area contributed by atoms with E-state index in [4.69, 9.17) is 32.2 Å². The van der Waals surface area contributed by atoms with Crippen molar-refractivity contribution in [1.29, 1.82) is 0 Å². The van der Waals surface area contributed by atoms with Crippen LogP contribution in [0, 0.1) is 0 Å². The van der Waals surface area contributed by atoms with E-state index < -0.39 is 0 Å². The van der Waals surface area contributed by atoms with Crippen LogP contribution in [0.15, 0.2) is 72.8 Å². The highest BCUT2D eigenvalue weighted by Crippen LogP contribution is 2.28.